The minimum atomic E-state index is -4.64. The van der Waals surface area contributed by atoms with E-state index in [1.54, 1.807) is 0 Å². The van der Waals surface area contributed by atoms with E-state index in [1.807, 2.05) is 0 Å². The van der Waals surface area contributed by atoms with Crippen molar-refractivity contribution >= 4 is 55.7 Å². The summed E-state index contributed by atoms with van der Waals surface area (Å²) in [5.41, 5.74) is 0. The molecule has 82 valence electrons. The van der Waals surface area contributed by atoms with Gasteiger partial charge in [-0.15, -0.1) is 0 Å². The molecule has 0 spiro atoms. The molecule has 0 heterocycles. The topological polar surface area (TPSA) is 193 Å². The molecule has 0 rings (SSSR count). The first-order valence-corrected chi connectivity index (χ1v) is 6.26. The Bertz CT molecular complexity index is 166. The zero-order valence-electron chi connectivity index (χ0n) is 5.80. The molecule has 0 aromatic rings. The van der Waals surface area contributed by atoms with E-state index in [2.05, 4.69) is 0 Å². The van der Waals surface area contributed by atoms with E-state index < -0.39 is 26.2 Å². The van der Waals surface area contributed by atoms with Crippen molar-refractivity contribution in [3.8, 4) is 0 Å². The van der Waals surface area contributed by atoms with Crippen LogP contribution < -0.4 is 0 Å². The maximum absolute atomic E-state index is 8.88. The van der Waals surface area contributed by atoms with Gasteiger partial charge in [-0.05, 0) is 0 Å². The van der Waals surface area contributed by atoms with Gasteiger partial charge in [-0.3, -0.25) is 8.92 Å². The van der Waals surface area contributed by atoms with E-state index >= 15 is 0 Å². The van der Waals surface area contributed by atoms with Crippen LogP contribution in [-0.4, -0.2) is 81.8 Å². The average Bonchev–Trinajstić information content (AvgIpc) is 1.50. The molecule has 14 heteroatoms. The molecule has 0 aromatic heterocycles. The van der Waals surface area contributed by atoms with E-state index in [0.717, 1.165) is 0 Å². The molecular weight excluding hydrogens is 270 g/mol. The molecule has 14 heavy (non-hydrogen) atoms. The Labute approximate surface area is 103 Å². The van der Waals surface area contributed by atoms with Crippen molar-refractivity contribution < 1.29 is 47.4 Å². The third-order valence-electron chi connectivity index (χ3n) is 0. The van der Waals surface area contributed by atoms with Gasteiger partial charge in [0.15, 0.2) is 0 Å². The van der Waals surface area contributed by atoms with Gasteiger partial charge in [-0.1, -0.05) is 0 Å². The van der Waals surface area contributed by atoms with Crippen LogP contribution >= 0.6 is 7.82 Å². The van der Waals surface area contributed by atoms with Crippen LogP contribution in [-0.2, 0) is 13.5 Å². The van der Waals surface area contributed by atoms with Gasteiger partial charge in [0.1, 0.15) is 0 Å². The average molecular weight is 278 g/mol. The van der Waals surface area contributed by atoms with Crippen LogP contribution in [0.25, 0.3) is 0 Å². The summed E-state index contributed by atoms with van der Waals surface area (Å²) in [5, 5.41) is 0. The summed E-state index contributed by atoms with van der Waals surface area (Å²) in [6.45, 7) is 0. The number of hydrogen-bond acceptors (Lipinski definition) is 3. The van der Waals surface area contributed by atoms with Crippen molar-refractivity contribution in [1.82, 2.24) is 0 Å². The summed E-state index contributed by atoms with van der Waals surface area (Å²) in [6, 6.07) is 0. The predicted octanol–water partition coefficient (Wildman–Crippen LogP) is -4.80. The maximum atomic E-state index is 8.88. The fraction of sp³-hybridized carbons (Fsp3) is 0. The first-order valence-electron chi connectivity index (χ1n) is 2.09. The molecule has 0 bridgehead atoms. The molecule has 0 saturated heterocycles. The molecule has 0 aliphatic heterocycles. The molecule has 0 aliphatic rings. The Hall–Kier alpha value is 0.344. The Morgan fingerprint density at radius 2 is 0.786 bits per heavy atom. The Morgan fingerprint density at radius 3 is 0.786 bits per heavy atom. The SMILES string of the molecule is O=P(O)(O)O.O=[Si](O)O.O=[Si](O)O.[NaH]. The standard InChI is InChI=1S/Na.H3O4P.2H2O3Si.H/c;1-5(2,3)4;2*1-4(2)3;/h;(H3,1,2,3,4);2*1-2H;. The van der Waals surface area contributed by atoms with Gasteiger partial charge in [0, 0.05) is 0 Å². The summed E-state index contributed by atoms with van der Waals surface area (Å²) < 4.78 is 26.4. The second-order valence-corrected chi connectivity index (χ2v) is 3.24. The summed E-state index contributed by atoms with van der Waals surface area (Å²) >= 11 is 0. The molecular formula is H8NaO10PSi2. The number of rotatable bonds is 0. The Balaban J connectivity index is -0.0000000522. The van der Waals surface area contributed by atoms with Gasteiger partial charge in [0.25, 0.3) is 0 Å². The molecule has 0 radical (unpaired) electrons. The van der Waals surface area contributed by atoms with Crippen molar-refractivity contribution in [2.75, 3.05) is 0 Å². The Morgan fingerprint density at radius 1 is 0.786 bits per heavy atom. The van der Waals surface area contributed by atoms with Crippen LogP contribution in [0.4, 0.5) is 0 Å². The summed E-state index contributed by atoms with van der Waals surface area (Å²) in [6.07, 6.45) is 0. The van der Waals surface area contributed by atoms with Crippen molar-refractivity contribution in [2.24, 2.45) is 0 Å². The molecule has 7 N–H and O–H groups in total. The third-order valence-corrected chi connectivity index (χ3v) is 0. The Kier molecular flexibility index (Phi) is 22.8. The van der Waals surface area contributed by atoms with E-state index in [0.29, 0.717) is 0 Å². The van der Waals surface area contributed by atoms with Crippen LogP contribution in [0.15, 0.2) is 0 Å². The fourth-order valence-corrected chi connectivity index (χ4v) is 0. The summed E-state index contributed by atoms with van der Waals surface area (Å²) in [5.74, 6) is 0. The van der Waals surface area contributed by atoms with Crippen molar-refractivity contribution in [1.29, 1.82) is 0 Å². The molecule has 0 aromatic carbocycles. The van der Waals surface area contributed by atoms with Gasteiger partial charge in [0.2, 0.25) is 0 Å². The summed E-state index contributed by atoms with van der Waals surface area (Å²) in [4.78, 5) is 50.2. The summed E-state index contributed by atoms with van der Waals surface area (Å²) in [7, 11) is -10.9. The molecule has 0 amide bonds. The predicted molar refractivity (Wildman–Crippen MR) is 43.2 cm³/mol. The van der Waals surface area contributed by atoms with Gasteiger partial charge in [0.05, 0.1) is 0 Å². The van der Waals surface area contributed by atoms with Crippen LogP contribution in [0, 0.1) is 0 Å². The second kappa shape index (κ2) is 13.3. The van der Waals surface area contributed by atoms with E-state index in [4.69, 9.17) is 47.4 Å². The molecule has 0 atom stereocenters. The molecule has 0 aliphatic carbocycles. The number of phosphoric acid groups is 1. The quantitative estimate of drug-likeness (QED) is 0.167. The van der Waals surface area contributed by atoms with Gasteiger partial charge < -0.3 is 33.9 Å². The van der Waals surface area contributed by atoms with E-state index in [-0.39, 0.29) is 29.6 Å². The first-order chi connectivity index (χ1) is 5.46. The van der Waals surface area contributed by atoms with Gasteiger partial charge >= 0.3 is 55.7 Å². The second-order valence-electron chi connectivity index (χ2n) is 1.08. The van der Waals surface area contributed by atoms with Crippen LogP contribution in [0.2, 0.25) is 0 Å². The molecule has 0 fully saturated rings. The monoisotopic (exact) mass is 278 g/mol. The molecule has 10 nitrogen and oxygen atoms in total. The van der Waals surface area contributed by atoms with Crippen molar-refractivity contribution in [2.45, 2.75) is 0 Å². The molecule has 0 saturated carbocycles. The van der Waals surface area contributed by atoms with Crippen molar-refractivity contribution in [3.05, 3.63) is 0 Å². The zero-order chi connectivity index (χ0) is 11.7. The molecule has 0 unspecified atom stereocenters. The van der Waals surface area contributed by atoms with Crippen LogP contribution in [0.1, 0.15) is 0 Å². The van der Waals surface area contributed by atoms with E-state index in [9.17, 15) is 0 Å². The number of hydrogen-bond donors (Lipinski definition) is 7. The van der Waals surface area contributed by atoms with Crippen LogP contribution in [0.5, 0.6) is 0 Å². The fourth-order valence-electron chi connectivity index (χ4n) is 0. The van der Waals surface area contributed by atoms with E-state index in [1.165, 1.54) is 0 Å². The van der Waals surface area contributed by atoms with Crippen molar-refractivity contribution in [3.63, 3.8) is 0 Å². The van der Waals surface area contributed by atoms with Gasteiger partial charge in [-0.25, -0.2) is 4.57 Å². The zero-order valence-corrected chi connectivity index (χ0v) is 8.70. The first kappa shape index (κ1) is 23.9. The van der Waals surface area contributed by atoms with Gasteiger partial charge in [-0.2, -0.15) is 0 Å². The normalized spacial score (nSPS) is 7.64. The van der Waals surface area contributed by atoms with Crippen LogP contribution in [0.3, 0.4) is 0 Å². The third kappa shape index (κ3) is 13400. The minimum absolute atomic E-state index is 0.